The van der Waals surface area contributed by atoms with Crippen LogP contribution in [0.5, 0.6) is 0 Å². The number of hydrogen-bond acceptors (Lipinski definition) is 8. The molecule has 8 nitrogen and oxygen atoms in total. The Hall–Kier alpha value is -3.64. The molecule has 1 N–H and O–H groups in total. The summed E-state index contributed by atoms with van der Waals surface area (Å²) in [5.41, 5.74) is 1.47. The van der Waals surface area contributed by atoms with Crippen molar-refractivity contribution in [1.29, 1.82) is 5.26 Å². The second-order valence-electron chi connectivity index (χ2n) is 5.81. The Morgan fingerprint density at radius 2 is 2.10 bits per heavy atom. The van der Waals surface area contributed by atoms with Crippen molar-refractivity contribution in [3.05, 3.63) is 59.5 Å². The van der Waals surface area contributed by atoms with Gasteiger partial charge in [-0.2, -0.15) is 5.26 Å². The number of hydrogen-bond donors (Lipinski definition) is 1. The van der Waals surface area contributed by atoms with Gasteiger partial charge in [-0.15, -0.1) is 11.8 Å². The van der Waals surface area contributed by atoms with E-state index in [4.69, 9.17) is 14.4 Å². The van der Waals surface area contributed by atoms with Crippen LogP contribution in [-0.4, -0.2) is 34.7 Å². The second kappa shape index (κ2) is 9.03. The third kappa shape index (κ3) is 4.80. The summed E-state index contributed by atoms with van der Waals surface area (Å²) in [6.45, 7) is 1.18. The quantitative estimate of drug-likeness (QED) is 0.374. The van der Waals surface area contributed by atoms with Crippen molar-refractivity contribution in [3.63, 3.8) is 0 Å². The van der Waals surface area contributed by atoms with E-state index in [0.717, 1.165) is 0 Å². The highest BCUT2D eigenvalue weighted by Gasteiger charge is 2.22. The van der Waals surface area contributed by atoms with Crippen LogP contribution in [0.4, 0.5) is 5.69 Å². The monoisotopic (exact) mass is 408 g/mol. The molecule has 1 aromatic carbocycles. The number of ether oxygens (including phenoxy) is 1. The van der Waals surface area contributed by atoms with Gasteiger partial charge in [0.2, 0.25) is 0 Å². The Morgan fingerprint density at radius 1 is 1.28 bits per heavy atom. The van der Waals surface area contributed by atoms with Gasteiger partial charge in [-0.05, 0) is 43.5 Å². The maximum atomic E-state index is 12.5. The fourth-order valence-corrected chi connectivity index (χ4v) is 3.13. The molecular weight excluding hydrogens is 392 g/mol. The first-order valence-corrected chi connectivity index (χ1v) is 9.68. The molecule has 0 atom stereocenters. The van der Waals surface area contributed by atoms with E-state index in [2.05, 4.69) is 15.3 Å². The molecule has 0 spiro atoms. The van der Waals surface area contributed by atoms with Crippen molar-refractivity contribution in [3.8, 4) is 17.7 Å². The zero-order valence-corrected chi connectivity index (χ0v) is 16.4. The van der Waals surface area contributed by atoms with Crippen molar-refractivity contribution >= 4 is 29.3 Å². The summed E-state index contributed by atoms with van der Waals surface area (Å²) in [6.07, 6.45) is 3.29. The summed E-state index contributed by atoms with van der Waals surface area (Å²) in [5, 5.41) is 11.9. The Labute approximate surface area is 170 Å². The van der Waals surface area contributed by atoms with Crippen LogP contribution in [0.15, 0.2) is 52.1 Å². The molecule has 9 heteroatoms. The molecule has 3 aromatic rings. The first-order chi connectivity index (χ1) is 14.0. The summed E-state index contributed by atoms with van der Waals surface area (Å²) in [5.74, 6) is -0.366. The van der Waals surface area contributed by atoms with E-state index >= 15 is 0 Å². The minimum atomic E-state index is -0.696. The molecule has 1 amide bonds. The minimum absolute atomic E-state index is 0.201. The summed E-state index contributed by atoms with van der Waals surface area (Å²) in [6, 6.07) is 11.9. The fourth-order valence-electron chi connectivity index (χ4n) is 2.51. The lowest BCUT2D eigenvalue weighted by Gasteiger charge is -2.11. The summed E-state index contributed by atoms with van der Waals surface area (Å²) in [7, 11) is 0. The first-order valence-electron chi connectivity index (χ1n) is 8.45. The van der Waals surface area contributed by atoms with Gasteiger partial charge in [0.25, 0.3) is 5.91 Å². The summed E-state index contributed by atoms with van der Waals surface area (Å²) in [4.78, 5) is 33.3. The van der Waals surface area contributed by atoms with Gasteiger partial charge >= 0.3 is 5.97 Å². The number of nitrogens with one attached hydrogen (secondary N) is 1. The van der Waals surface area contributed by atoms with Gasteiger partial charge in [0.05, 0.1) is 23.6 Å². The summed E-state index contributed by atoms with van der Waals surface area (Å²) >= 11 is 1.27. The maximum absolute atomic E-state index is 12.5. The van der Waals surface area contributed by atoms with E-state index in [9.17, 15) is 9.59 Å². The molecule has 2 heterocycles. The predicted octanol–water partition coefficient (Wildman–Crippen LogP) is 3.43. The summed E-state index contributed by atoms with van der Waals surface area (Å²) < 4.78 is 10.4. The van der Waals surface area contributed by atoms with E-state index in [0.29, 0.717) is 33.6 Å². The van der Waals surface area contributed by atoms with E-state index in [1.807, 2.05) is 6.07 Å². The van der Waals surface area contributed by atoms with Gasteiger partial charge in [-0.3, -0.25) is 4.79 Å². The number of furan rings is 1. The number of esters is 1. The fraction of sp³-hybridized carbons (Fsp3) is 0.150. The number of rotatable bonds is 6. The maximum Gasteiger partial charge on any atom is 0.343 e. The lowest BCUT2D eigenvalue weighted by Crippen LogP contribution is -2.22. The lowest BCUT2D eigenvalue weighted by molar-refractivity contribution is -0.119. The largest absolute Gasteiger partial charge is 0.461 e. The molecule has 0 radical (unpaired) electrons. The molecule has 0 aliphatic heterocycles. The highest BCUT2D eigenvalue weighted by Crippen LogP contribution is 2.25. The number of carbonyl (C=O) groups is 2. The van der Waals surface area contributed by atoms with E-state index in [1.165, 1.54) is 24.1 Å². The number of nitrogens with zero attached hydrogens (tertiary/aromatic N) is 3. The third-order valence-electron chi connectivity index (χ3n) is 3.81. The molecular formula is C20H16N4O4S. The number of aryl methyl sites for hydroxylation is 1. The number of thioether (sulfide) groups is 1. The molecule has 0 aliphatic carbocycles. The van der Waals surface area contributed by atoms with Crippen molar-refractivity contribution in [2.24, 2.45) is 0 Å². The molecule has 0 fully saturated rings. The molecule has 0 aliphatic rings. The Morgan fingerprint density at radius 3 is 2.79 bits per heavy atom. The first kappa shape index (κ1) is 20.1. The number of carbonyl (C=O) groups excluding carboxylic acids is 2. The van der Waals surface area contributed by atoms with Gasteiger partial charge in [0.1, 0.15) is 10.6 Å². The average molecular weight is 408 g/mol. The molecule has 0 unspecified atom stereocenters. The number of anilines is 1. The zero-order valence-electron chi connectivity index (χ0n) is 15.6. The number of aromatic nitrogens is 2. The van der Waals surface area contributed by atoms with Crippen LogP contribution in [0.2, 0.25) is 0 Å². The minimum Gasteiger partial charge on any atom is -0.461 e. The van der Waals surface area contributed by atoms with Gasteiger partial charge < -0.3 is 14.5 Å². The number of amides is 1. The van der Waals surface area contributed by atoms with Crippen LogP contribution in [0, 0.1) is 18.3 Å². The van der Waals surface area contributed by atoms with Crippen molar-refractivity contribution in [1.82, 2.24) is 9.97 Å². The Bertz CT molecular complexity index is 1090. The molecule has 0 bridgehead atoms. The molecule has 0 saturated heterocycles. The van der Waals surface area contributed by atoms with Gasteiger partial charge in [-0.25, -0.2) is 14.8 Å². The van der Waals surface area contributed by atoms with Gasteiger partial charge in [0.15, 0.2) is 18.2 Å². The van der Waals surface area contributed by atoms with E-state index in [1.54, 1.807) is 43.5 Å². The topological polar surface area (TPSA) is 118 Å². The van der Waals surface area contributed by atoms with Crippen LogP contribution >= 0.6 is 11.8 Å². The molecule has 3 rings (SSSR count). The van der Waals surface area contributed by atoms with Crippen LogP contribution in [0.3, 0.4) is 0 Å². The Balaban J connectivity index is 1.70. The smallest absolute Gasteiger partial charge is 0.343 e. The van der Waals surface area contributed by atoms with Crippen molar-refractivity contribution in [2.75, 3.05) is 18.2 Å². The van der Waals surface area contributed by atoms with E-state index in [-0.39, 0.29) is 5.56 Å². The van der Waals surface area contributed by atoms with Gasteiger partial charge in [-0.1, -0.05) is 6.07 Å². The highest BCUT2D eigenvalue weighted by molar-refractivity contribution is 7.98. The molecule has 29 heavy (non-hydrogen) atoms. The molecule has 146 valence electrons. The SMILES string of the molecule is CSc1nc(-c2ccco2)nc(C)c1C(=O)OCC(=O)Nc1cccc(C#N)c1. The van der Waals surface area contributed by atoms with E-state index < -0.39 is 18.5 Å². The molecule has 0 saturated carbocycles. The van der Waals surface area contributed by atoms with Crippen molar-refractivity contribution in [2.45, 2.75) is 11.9 Å². The average Bonchev–Trinajstić information content (AvgIpc) is 3.26. The lowest BCUT2D eigenvalue weighted by atomic mass is 10.2. The van der Waals surface area contributed by atoms with Crippen LogP contribution < -0.4 is 5.32 Å². The second-order valence-corrected chi connectivity index (χ2v) is 6.61. The Kier molecular flexibility index (Phi) is 6.26. The number of benzene rings is 1. The zero-order chi connectivity index (χ0) is 20.8. The standard InChI is InChI=1S/C20H16N4O4S/c1-12-17(19(29-2)24-18(22-12)15-7-4-8-27-15)20(26)28-11-16(25)23-14-6-3-5-13(9-14)10-21/h3-9H,11H2,1-2H3,(H,23,25). The van der Waals surface area contributed by atoms with Crippen LogP contribution in [0.25, 0.3) is 11.6 Å². The van der Waals surface area contributed by atoms with Gasteiger partial charge in [0, 0.05) is 5.69 Å². The van der Waals surface area contributed by atoms with Crippen LogP contribution in [0.1, 0.15) is 21.6 Å². The molecule has 2 aromatic heterocycles. The van der Waals surface area contributed by atoms with Crippen molar-refractivity contribution < 1.29 is 18.7 Å². The number of nitriles is 1. The van der Waals surface area contributed by atoms with Crippen LogP contribution in [-0.2, 0) is 9.53 Å². The highest BCUT2D eigenvalue weighted by atomic mass is 32.2. The third-order valence-corrected chi connectivity index (χ3v) is 4.49. The normalized spacial score (nSPS) is 10.2. The predicted molar refractivity (Wildman–Crippen MR) is 106 cm³/mol.